The van der Waals surface area contributed by atoms with E-state index in [-0.39, 0.29) is 6.10 Å². The minimum absolute atomic E-state index is 0.198. The first-order chi connectivity index (χ1) is 9.70. The molecule has 1 atom stereocenters. The molecule has 0 aliphatic carbocycles. The molecule has 0 N–H and O–H groups in total. The molecule has 0 radical (unpaired) electrons. The smallest absolute Gasteiger partial charge is 0.122 e. The van der Waals surface area contributed by atoms with Crippen LogP contribution in [0.4, 0.5) is 0 Å². The van der Waals surface area contributed by atoms with Gasteiger partial charge in [0.15, 0.2) is 0 Å². The maximum absolute atomic E-state index is 5.84. The highest BCUT2D eigenvalue weighted by molar-refractivity contribution is 4.99. The number of rotatable bonds is 4. The zero-order valence-corrected chi connectivity index (χ0v) is 12.1. The van der Waals surface area contributed by atoms with Gasteiger partial charge in [0.1, 0.15) is 5.82 Å². The van der Waals surface area contributed by atoms with Crippen LogP contribution in [-0.4, -0.2) is 50.0 Å². The van der Waals surface area contributed by atoms with Gasteiger partial charge >= 0.3 is 0 Å². The van der Waals surface area contributed by atoms with Crippen molar-refractivity contribution in [3.63, 3.8) is 0 Å². The standard InChI is InChI=1S/C14H21N5O/c1-12-7-16-19(8-12)10-13-9-18(5-6-20-13)11-14-15-3-4-17(14)2/h3-4,7-8,13H,5-6,9-11H2,1-2H3. The SMILES string of the molecule is Cc1cnn(CC2CN(Cc3nccn3C)CCO2)c1. The van der Waals surface area contributed by atoms with Crippen molar-refractivity contribution in [3.05, 3.63) is 36.2 Å². The zero-order valence-electron chi connectivity index (χ0n) is 12.1. The summed E-state index contributed by atoms with van der Waals surface area (Å²) in [5.41, 5.74) is 1.19. The van der Waals surface area contributed by atoms with Gasteiger partial charge in [0.05, 0.1) is 32.0 Å². The third kappa shape index (κ3) is 3.08. The van der Waals surface area contributed by atoms with Crippen LogP contribution in [0.1, 0.15) is 11.4 Å². The van der Waals surface area contributed by atoms with Crippen molar-refractivity contribution in [3.8, 4) is 0 Å². The third-order valence-corrected chi connectivity index (χ3v) is 3.66. The Hall–Kier alpha value is -1.66. The summed E-state index contributed by atoms with van der Waals surface area (Å²) in [6, 6.07) is 0. The molecular weight excluding hydrogens is 254 g/mol. The maximum Gasteiger partial charge on any atom is 0.122 e. The lowest BCUT2D eigenvalue weighted by Gasteiger charge is -2.32. The molecule has 0 spiro atoms. The number of morpholine rings is 1. The van der Waals surface area contributed by atoms with E-state index in [1.54, 1.807) is 0 Å². The summed E-state index contributed by atoms with van der Waals surface area (Å²) in [5, 5.41) is 4.33. The first-order valence-electron chi connectivity index (χ1n) is 7.00. The van der Waals surface area contributed by atoms with Gasteiger partial charge in [-0.3, -0.25) is 9.58 Å². The molecule has 3 heterocycles. The molecule has 1 aliphatic heterocycles. The minimum atomic E-state index is 0.198. The van der Waals surface area contributed by atoms with Crippen LogP contribution in [0.3, 0.4) is 0 Å². The Balaban J connectivity index is 1.57. The van der Waals surface area contributed by atoms with Gasteiger partial charge in [-0.25, -0.2) is 4.98 Å². The highest BCUT2D eigenvalue weighted by atomic mass is 16.5. The number of ether oxygens (including phenoxy) is 1. The lowest BCUT2D eigenvalue weighted by Crippen LogP contribution is -2.44. The van der Waals surface area contributed by atoms with Crippen LogP contribution in [0.2, 0.25) is 0 Å². The van der Waals surface area contributed by atoms with E-state index in [4.69, 9.17) is 4.74 Å². The number of hydrogen-bond donors (Lipinski definition) is 0. The molecule has 2 aromatic heterocycles. The molecule has 0 bridgehead atoms. The van der Waals surface area contributed by atoms with Gasteiger partial charge in [-0.05, 0) is 12.5 Å². The lowest BCUT2D eigenvalue weighted by molar-refractivity contribution is -0.0411. The van der Waals surface area contributed by atoms with Crippen molar-refractivity contribution in [1.29, 1.82) is 0 Å². The van der Waals surface area contributed by atoms with Crippen molar-refractivity contribution in [2.24, 2.45) is 7.05 Å². The van der Waals surface area contributed by atoms with Gasteiger partial charge in [-0.15, -0.1) is 0 Å². The summed E-state index contributed by atoms with van der Waals surface area (Å²) < 4.78 is 9.87. The van der Waals surface area contributed by atoms with E-state index in [0.29, 0.717) is 0 Å². The van der Waals surface area contributed by atoms with E-state index in [9.17, 15) is 0 Å². The summed E-state index contributed by atoms with van der Waals surface area (Å²) in [5.74, 6) is 1.10. The second-order valence-electron chi connectivity index (χ2n) is 5.42. The second kappa shape index (κ2) is 5.76. The molecule has 6 nitrogen and oxygen atoms in total. The normalized spacial score (nSPS) is 20.4. The van der Waals surface area contributed by atoms with E-state index in [2.05, 4.69) is 32.7 Å². The predicted octanol–water partition coefficient (Wildman–Crippen LogP) is 0.826. The quantitative estimate of drug-likeness (QED) is 0.829. The van der Waals surface area contributed by atoms with E-state index < -0.39 is 0 Å². The molecule has 0 amide bonds. The number of imidazole rings is 1. The van der Waals surface area contributed by atoms with Crippen molar-refractivity contribution >= 4 is 0 Å². The van der Waals surface area contributed by atoms with Crippen LogP contribution in [-0.2, 0) is 24.9 Å². The van der Waals surface area contributed by atoms with Crippen molar-refractivity contribution in [1.82, 2.24) is 24.2 Å². The summed E-state index contributed by atoms with van der Waals surface area (Å²) in [6.45, 7) is 6.40. The van der Waals surface area contributed by atoms with Gasteiger partial charge in [0, 0.05) is 38.7 Å². The Bertz CT molecular complexity index is 561. The molecule has 1 unspecified atom stereocenters. The molecule has 6 heteroatoms. The molecular formula is C14H21N5O. The Morgan fingerprint density at radius 2 is 2.35 bits per heavy atom. The van der Waals surface area contributed by atoms with Crippen molar-refractivity contribution in [2.75, 3.05) is 19.7 Å². The number of hydrogen-bond acceptors (Lipinski definition) is 4. The van der Waals surface area contributed by atoms with Gasteiger partial charge < -0.3 is 9.30 Å². The number of aryl methyl sites for hydroxylation is 2. The highest BCUT2D eigenvalue weighted by Crippen LogP contribution is 2.11. The van der Waals surface area contributed by atoms with E-state index in [0.717, 1.165) is 38.6 Å². The Morgan fingerprint density at radius 1 is 1.45 bits per heavy atom. The van der Waals surface area contributed by atoms with E-state index in [1.165, 1.54) is 5.56 Å². The summed E-state index contributed by atoms with van der Waals surface area (Å²) in [4.78, 5) is 6.78. The lowest BCUT2D eigenvalue weighted by atomic mass is 10.2. The first-order valence-corrected chi connectivity index (χ1v) is 7.00. The topological polar surface area (TPSA) is 48.1 Å². The van der Waals surface area contributed by atoms with Crippen molar-refractivity contribution in [2.45, 2.75) is 26.1 Å². The maximum atomic E-state index is 5.84. The van der Waals surface area contributed by atoms with Crippen molar-refractivity contribution < 1.29 is 4.74 Å². The fraction of sp³-hybridized carbons (Fsp3) is 0.571. The molecule has 0 aromatic carbocycles. The van der Waals surface area contributed by atoms with E-state index >= 15 is 0 Å². The van der Waals surface area contributed by atoms with Gasteiger partial charge in [-0.1, -0.05) is 0 Å². The Labute approximate surface area is 119 Å². The van der Waals surface area contributed by atoms with Gasteiger partial charge in [0.25, 0.3) is 0 Å². The molecule has 3 rings (SSSR count). The van der Waals surface area contributed by atoms with Crippen LogP contribution in [0.5, 0.6) is 0 Å². The highest BCUT2D eigenvalue weighted by Gasteiger charge is 2.22. The van der Waals surface area contributed by atoms with Crippen LogP contribution in [0, 0.1) is 6.92 Å². The first kappa shape index (κ1) is 13.3. The number of aromatic nitrogens is 4. The molecule has 2 aromatic rings. The third-order valence-electron chi connectivity index (χ3n) is 3.66. The largest absolute Gasteiger partial charge is 0.374 e. The average Bonchev–Trinajstić information content (AvgIpc) is 3.00. The molecule has 1 saturated heterocycles. The molecule has 1 aliphatic rings. The molecule has 108 valence electrons. The summed E-state index contributed by atoms with van der Waals surface area (Å²) in [6.07, 6.45) is 7.97. The van der Waals surface area contributed by atoms with Crippen LogP contribution in [0.25, 0.3) is 0 Å². The molecule has 1 fully saturated rings. The minimum Gasteiger partial charge on any atom is -0.374 e. The predicted molar refractivity (Wildman–Crippen MR) is 75.2 cm³/mol. The monoisotopic (exact) mass is 275 g/mol. The average molecular weight is 275 g/mol. The van der Waals surface area contributed by atoms with Crippen LogP contribution >= 0.6 is 0 Å². The Kier molecular flexibility index (Phi) is 3.84. The van der Waals surface area contributed by atoms with Gasteiger partial charge in [0.2, 0.25) is 0 Å². The second-order valence-corrected chi connectivity index (χ2v) is 5.42. The Morgan fingerprint density at radius 3 is 3.05 bits per heavy atom. The molecule has 20 heavy (non-hydrogen) atoms. The zero-order chi connectivity index (χ0) is 13.9. The van der Waals surface area contributed by atoms with Crippen LogP contribution < -0.4 is 0 Å². The molecule has 0 saturated carbocycles. The fourth-order valence-corrected chi connectivity index (χ4v) is 2.56. The fourth-order valence-electron chi connectivity index (χ4n) is 2.56. The number of nitrogens with zero attached hydrogens (tertiary/aromatic N) is 5. The summed E-state index contributed by atoms with van der Waals surface area (Å²) >= 11 is 0. The van der Waals surface area contributed by atoms with Crippen LogP contribution in [0.15, 0.2) is 24.8 Å². The van der Waals surface area contributed by atoms with Gasteiger partial charge in [-0.2, -0.15) is 5.10 Å². The summed E-state index contributed by atoms with van der Waals surface area (Å²) in [7, 11) is 2.03. The van der Waals surface area contributed by atoms with E-state index in [1.807, 2.05) is 30.3 Å².